The molecule has 0 aliphatic heterocycles. The Bertz CT molecular complexity index is 158. The van der Waals surface area contributed by atoms with Crippen LogP contribution < -0.4 is 0 Å². The lowest BCUT2D eigenvalue weighted by Crippen LogP contribution is -1.72. The third-order valence-corrected chi connectivity index (χ3v) is 0.954. The highest BCUT2D eigenvalue weighted by molar-refractivity contribution is 5.28. The van der Waals surface area contributed by atoms with Gasteiger partial charge in [0, 0.05) is 6.08 Å². The molecule has 0 aromatic rings. The van der Waals surface area contributed by atoms with Crippen molar-refractivity contribution in [1.82, 2.24) is 0 Å². The smallest absolute Gasteiger partial charge is 0.0914 e. The Hall–Kier alpha value is -1.03. The molecule has 0 radical (unpaired) electrons. The van der Waals surface area contributed by atoms with Crippen molar-refractivity contribution in [2.45, 2.75) is 13.8 Å². The lowest BCUT2D eigenvalue weighted by molar-refractivity contribution is 1.36. The van der Waals surface area contributed by atoms with E-state index >= 15 is 0 Å². The summed E-state index contributed by atoms with van der Waals surface area (Å²) in [6.07, 6.45) is 1.49. The van der Waals surface area contributed by atoms with Crippen LogP contribution in [0.5, 0.6) is 0 Å². The zero-order chi connectivity index (χ0) is 6.57. The van der Waals surface area contributed by atoms with Gasteiger partial charge in [0.25, 0.3) is 0 Å². The highest BCUT2D eigenvalue weighted by atomic mass is 14.2. The zero-order valence-electron chi connectivity index (χ0n) is 5.23. The second-order valence-electron chi connectivity index (χ2n) is 1.74. The van der Waals surface area contributed by atoms with Crippen molar-refractivity contribution in [3.05, 3.63) is 23.8 Å². The minimum Gasteiger partial charge on any atom is -0.193 e. The normalized spacial score (nSPS) is 10.4. The third kappa shape index (κ3) is 2.20. The van der Waals surface area contributed by atoms with Crippen molar-refractivity contribution in [3.63, 3.8) is 0 Å². The minimum atomic E-state index is 0.951. The quantitative estimate of drug-likeness (QED) is 0.371. The predicted molar refractivity (Wildman–Crippen MR) is 34.2 cm³/mol. The first-order valence-corrected chi connectivity index (χ1v) is 2.40. The first kappa shape index (κ1) is 6.97. The Morgan fingerprint density at radius 1 is 1.62 bits per heavy atom. The molecule has 0 aromatic carbocycles. The average Bonchev–Trinajstić information content (AvgIpc) is 1.67. The second kappa shape index (κ2) is 3.04. The molecular weight excluding hydrogens is 98.1 g/mol. The van der Waals surface area contributed by atoms with E-state index in [4.69, 9.17) is 5.26 Å². The first-order chi connectivity index (χ1) is 3.68. The molecule has 0 spiro atoms. The van der Waals surface area contributed by atoms with Gasteiger partial charge in [-0.1, -0.05) is 12.2 Å². The summed E-state index contributed by atoms with van der Waals surface area (Å²) in [7, 11) is 0. The molecule has 0 rings (SSSR count). The van der Waals surface area contributed by atoms with Crippen LogP contribution in [0, 0.1) is 11.3 Å². The van der Waals surface area contributed by atoms with E-state index in [1.807, 2.05) is 19.9 Å². The molecule has 0 amide bonds. The first-order valence-electron chi connectivity index (χ1n) is 2.40. The van der Waals surface area contributed by atoms with Crippen molar-refractivity contribution in [3.8, 4) is 6.07 Å². The van der Waals surface area contributed by atoms with Gasteiger partial charge in [-0.05, 0) is 19.4 Å². The Kier molecular flexibility index (Phi) is 2.64. The van der Waals surface area contributed by atoms with E-state index in [2.05, 4.69) is 6.58 Å². The van der Waals surface area contributed by atoms with Crippen molar-refractivity contribution >= 4 is 0 Å². The van der Waals surface area contributed by atoms with E-state index in [-0.39, 0.29) is 0 Å². The number of rotatable bonds is 1. The van der Waals surface area contributed by atoms with Gasteiger partial charge in [0.2, 0.25) is 0 Å². The predicted octanol–water partition coefficient (Wildman–Crippen LogP) is 2.03. The zero-order valence-corrected chi connectivity index (χ0v) is 5.23. The molecule has 0 heterocycles. The Morgan fingerprint density at radius 3 is 2.25 bits per heavy atom. The maximum absolute atomic E-state index is 8.12. The highest BCUT2D eigenvalue weighted by Crippen LogP contribution is 2.02. The molecule has 0 aliphatic rings. The van der Waals surface area contributed by atoms with Gasteiger partial charge in [-0.2, -0.15) is 5.26 Å². The highest BCUT2D eigenvalue weighted by Gasteiger charge is 1.84. The molecule has 0 saturated heterocycles. The summed E-state index contributed by atoms with van der Waals surface area (Å²) in [6.45, 7) is 7.40. The summed E-state index contributed by atoms with van der Waals surface area (Å²) in [4.78, 5) is 0. The van der Waals surface area contributed by atoms with Crippen molar-refractivity contribution in [2.75, 3.05) is 0 Å². The molecule has 0 saturated carbocycles. The number of hydrogen-bond donors (Lipinski definition) is 0. The maximum Gasteiger partial charge on any atom is 0.0914 e. The van der Waals surface area contributed by atoms with E-state index in [9.17, 15) is 0 Å². The number of nitrogens with zero attached hydrogens (tertiary/aromatic N) is 1. The lowest BCUT2D eigenvalue weighted by atomic mass is 10.1. The van der Waals surface area contributed by atoms with Gasteiger partial charge in [-0.15, -0.1) is 0 Å². The number of hydrogen-bond acceptors (Lipinski definition) is 1. The standard InChI is InChI=1S/C7H9N/c1-6(2)7(3)4-5-8/h4H,1H2,2-3H3/b7-4+. The summed E-state index contributed by atoms with van der Waals surface area (Å²) in [5.74, 6) is 0. The fraction of sp³-hybridized carbons (Fsp3) is 0.286. The molecule has 0 N–H and O–H groups in total. The molecule has 0 aliphatic carbocycles. The van der Waals surface area contributed by atoms with Gasteiger partial charge in [-0.3, -0.25) is 0 Å². The van der Waals surface area contributed by atoms with Crippen molar-refractivity contribution in [2.24, 2.45) is 0 Å². The third-order valence-electron chi connectivity index (χ3n) is 0.954. The minimum absolute atomic E-state index is 0.951. The Balaban J connectivity index is 4.06. The molecule has 1 nitrogen and oxygen atoms in total. The number of allylic oxidation sites excluding steroid dienone is 3. The second-order valence-corrected chi connectivity index (χ2v) is 1.74. The van der Waals surface area contributed by atoms with Crippen LogP contribution in [0.1, 0.15) is 13.8 Å². The van der Waals surface area contributed by atoms with E-state index in [0.29, 0.717) is 0 Å². The SMILES string of the molecule is C=C(C)/C(C)=C/C#N. The van der Waals surface area contributed by atoms with Crippen LogP contribution in [-0.4, -0.2) is 0 Å². The van der Waals surface area contributed by atoms with E-state index in [1.54, 1.807) is 0 Å². The largest absolute Gasteiger partial charge is 0.193 e. The average molecular weight is 107 g/mol. The van der Waals surface area contributed by atoms with Gasteiger partial charge in [0.15, 0.2) is 0 Å². The Labute approximate surface area is 49.9 Å². The molecule has 0 atom stereocenters. The lowest BCUT2D eigenvalue weighted by Gasteiger charge is -1.90. The van der Waals surface area contributed by atoms with Crippen LogP contribution in [0.2, 0.25) is 0 Å². The fourth-order valence-electron chi connectivity index (χ4n) is 0.220. The molecule has 1 heteroatoms. The number of nitriles is 1. The molecule has 8 heavy (non-hydrogen) atoms. The Morgan fingerprint density at radius 2 is 2.12 bits per heavy atom. The van der Waals surface area contributed by atoms with Crippen LogP contribution in [0.25, 0.3) is 0 Å². The molecule has 0 fully saturated rings. The van der Waals surface area contributed by atoms with Gasteiger partial charge >= 0.3 is 0 Å². The van der Waals surface area contributed by atoms with Crippen LogP contribution in [0.15, 0.2) is 23.8 Å². The van der Waals surface area contributed by atoms with Gasteiger partial charge < -0.3 is 0 Å². The van der Waals surface area contributed by atoms with Crippen LogP contribution >= 0.6 is 0 Å². The molecular formula is C7H9N. The molecule has 42 valence electrons. The summed E-state index contributed by atoms with van der Waals surface area (Å²) in [5.41, 5.74) is 1.90. The summed E-state index contributed by atoms with van der Waals surface area (Å²) >= 11 is 0. The molecule has 0 bridgehead atoms. The monoisotopic (exact) mass is 107 g/mol. The van der Waals surface area contributed by atoms with Crippen molar-refractivity contribution in [1.29, 1.82) is 5.26 Å². The van der Waals surface area contributed by atoms with Gasteiger partial charge in [0.05, 0.1) is 6.07 Å². The van der Waals surface area contributed by atoms with Gasteiger partial charge in [0.1, 0.15) is 0 Å². The molecule has 0 unspecified atom stereocenters. The maximum atomic E-state index is 8.12. The fourth-order valence-corrected chi connectivity index (χ4v) is 0.220. The van der Waals surface area contributed by atoms with Crippen LogP contribution in [0.4, 0.5) is 0 Å². The van der Waals surface area contributed by atoms with Crippen molar-refractivity contribution < 1.29 is 0 Å². The summed E-state index contributed by atoms with van der Waals surface area (Å²) in [6, 6.07) is 1.93. The van der Waals surface area contributed by atoms with Crippen LogP contribution in [-0.2, 0) is 0 Å². The van der Waals surface area contributed by atoms with E-state index in [0.717, 1.165) is 11.1 Å². The van der Waals surface area contributed by atoms with Crippen LogP contribution in [0.3, 0.4) is 0 Å². The van der Waals surface area contributed by atoms with E-state index in [1.165, 1.54) is 6.08 Å². The van der Waals surface area contributed by atoms with E-state index < -0.39 is 0 Å². The molecule has 0 aromatic heterocycles. The summed E-state index contributed by atoms with van der Waals surface area (Å²) < 4.78 is 0. The topological polar surface area (TPSA) is 23.8 Å². The van der Waals surface area contributed by atoms with Gasteiger partial charge in [-0.25, -0.2) is 0 Å². The summed E-state index contributed by atoms with van der Waals surface area (Å²) in [5, 5.41) is 8.12.